The average Bonchev–Trinajstić information content (AvgIpc) is 3.67. The molecule has 0 aliphatic carbocycles. The van der Waals surface area contributed by atoms with Crippen molar-refractivity contribution >= 4 is 12.2 Å². The number of oxazole rings is 2. The van der Waals surface area contributed by atoms with Crippen LogP contribution in [0.2, 0.25) is 0 Å². The molecule has 37 heavy (non-hydrogen) atoms. The topological polar surface area (TPSA) is 90.0 Å². The number of alkyl halides is 3. The molecular formula is C27H21F3N4O3. The van der Waals surface area contributed by atoms with Crippen molar-refractivity contribution in [3.8, 4) is 17.2 Å². The van der Waals surface area contributed by atoms with Gasteiger partial charge in [-0.05, 0) is 54.3 Å². The molecule has 0 aliphatic rings. The molecule has 0 spiro atoms. The smallest absolute Gasteiger partial charge is 0.416 e. The largest absolute Gasteiger partial charge is 0.487 e. The lowest BCUT2D eigenvalue weighted by atomic mass is 10.1. The van der Waals surface area contributed by atoms with Crippen LogP contribution < -0.4 is 4.74 Å². The molecule has 10 heteroatoms. The predicted molar refractivity (Wildman–Crippen MR) is 129 cm³/mol. The Labute approximate surface area is 209 Å². The zero-order valence-corrected chi connectivity index (χ0v) is 19.4. The van der Waals surface area contributed by atoms with Crippen LogP contribution in [-0.2, 0) is 25.6 Å². The summed E-state index contributed by atoms with van der Waals surface area (Å²) < 4.78 is 54.7. The van der Waals surface area contributed by atoms with Crippen molar-refractivity contribution < 1.29 is 26.7 Å². The standard InChI is InChI=1S/C27H21F3N4O3/c28-27(29,30)20-7-1-18(2-8-20)6-12-25-34-21(15-36-25)14-35-22-9-3-19(4-10-22)5-11-23-26(37-17-33-23)24-13-31-16-32-24/h1-4,6-10,12-13,15-17H,5,11,14H2,(H,31,32)/b12-6+. The first kappa shape index (κ1) is 24.1. The summed E-state index contributed by atoms with van der Waals surface area (Å²) in [5.74, 6) is 1.71. The number of aryl methyl sites for hydroxylation is 2. The number of nitrogens with zero attached hydrogens (tertiary/aromatic N) is 3. The first-order chi connectivity index (χ1) is 17.9. The van der Waals surface area contributed by atoms with Crippen LogP contribution in [0, 0.1) is 0 Å². The van der Waals surface area contributed by atoms with E-state index in [0.29, 0.717) is 35.1 Å². The van der Waals surface area contributed by atoms with Crippen molar-refractivity contribution in [3.63, 3.8) is 0 Å². The van der Waals surface area contributed by atoms with Crippen LogP contribution in [0.4, 0.5) is 13.2 Å². The van der Waals surface area contributed by atoms with Crippen molar-refractivity contribution in [1.82, 2.24) is 19.9 Å². The van der Waals surface area contributed by atoms with Crippen molar-refractivity contribution in [3.05, 3.63) is 108 Å². The minimum absolute atomic E-state index is 0.212. The van der Waals surface area contributed by atoms with Gasteiger partial charge in [-0.2, -0.15) is 13.2 Å². The van der Waals surface area contributed by atoms with Crippen LogP contribution in [0.1, 0.15) is 34.0 Å². The van der Waals surface area contributed by atoms with Crippen molar-refractivity contribution in [2.75, 3.05) is 0 Å². The number of nitrogens with one attached hydrogen (secondary N) is 1. The summed E-state index contributed by atoms with van der Waals surface area (Å²) in [6, 6.07) is 12.6. The number of H-pyrrole nitrogens is 1. The number of ether oxygens (including phenoxy) is 1. The van der Waals surface area contributed by atoms with Crippen LogP contribution in [0.5, 0.6) is 5.75 Å². The highest BCUT2D eigenvalue weighted by atomic mass is 19.4. The Morgan fingerprint density at radius 2 is 1.76 bits per heavy atom. The number of hydrogen-bond acceptors (Lipinski definition) is 6. The minimum atomic E-state index is -4.36. The van der Waals surface area contributed by atoms with Crippen LogP contribution in [0.3, 0.4) is 0 Å². The fraction of sp³-hybridized carbons (Fsp3) is 0.148. The Morgan fingerprint density at radius 3 is 2.49 bits per heavy atom. The van der Waals surface area contributed by atoms with Crippen LogP contribution in [0.15, 0.2) is 82.5 Å². The number of imidazole rings is 1. The van der Waals surface area contributed by atoms with Gasteiger partial charge < -0.3 is 18.6 Å². The highest BCUT2D eigenvalue weighted by molar-refractivity contribution is 5.66. The molecule has 0 amide bonds. The molecule has 188 valence electrons. The fourth-order valence-electron chi connectivity index (χ4n) is 3.63. The lowest BCUT2D eigenvalue weighted by Crippen LogP contribution is -2.03. The maximum atomic E-state index is 12.7. The third-order valence-corrected chi connectivity index (χ3v) is 5.57. The highest BCUT2D eigenvalue weighted by Crippen LogP contribution is 2.29. The lowest BCUT2D eigenvalue weighted by Gasteiger charge is -2.06. The summed E-state index contributed by atoms with van der Waals surface area (Å²) in [5, 5.41) is 0. The quantitative estimate of drug-likeness (QED) is 0.242. The van der Waals surface area contributed by atoms with E-state index in [1.54, 1.807) is 24.7 Å². The highest BCUT2D eigenvalue weighted by Gasteiger charge is 2.29. The predicted octanol–water partition coefficient (Wildman–Crippen LogP) is 6.61. The van der Waals surface area contributed by atoms with Gasteiger partial charge in [-0.25, -0.2) is 15.0 Å². The van der Waals surface area contributed by atoms with Crippen molar-refractivity contribution in [2.24, 2.45) is 0 Å². The van der Waals surface area contributed by atoms with E-state index in [1.165, 1.54) is 24.8 Å². The number of hydrogen-bond donors (Lipinski definition) is 1. The van der Waals surface area contributed by atoms with Crippen LogP contribution >= 0.6 is 0 Å². The molecule has 0 atom stereocenters. The molecule has 0 bridgehead atoms. The SMILES string of the molecule is FC(F)(F)c1ccc(/C=C/c2nc(COc3ccc(CCc4ncoc4-c4cnc[nH]4)cc3)co2)cc1. The second-order valence-electron chi connectivity index (χ2n) is 8.16. The second kappa shape index (κ2) is 10.6. The average molecular weight is 506 g/mol. The molecule has 0 saturated heterocycles. The zero-order valence-electron chi connectivity index (χ0n) is 19.4. The summed E-state index contributed by atoms with van der Waals surface area (Å²) in [6.07, 6.45) is 6.57. The number of aromatic amines is 1. The molecular weight excluding hydrogens is 485 g/mol. The Kier molecular flexibility index (Phi) is 6.89. The maximum absolute atomic E-state index is 12.7. The molecule has 0 unspecified atom stereocenters. The van der Waals surface area contributed by atoms with Gasteiger partial charge in [0.2, 0.25) is 5.89 Å². The van der Waals surface area contributed by atoms with Crippen molar-refractivity contribution in [2.45, 2.75) is 25.6 Å². The molecule has 3 aromatic heterocycles. The normalized spacial score (nSPS) is 11.9. The Balaban J connectivity index is 1.11. The summed E-state index contributed by atoms with van der Waals surface area (Å²) >= 11 is 0. The van der Waals surface area contributed by atoms with E-state index in [1.807, 2.05) is 24.3 Å². The summed E-state index contributed by atoms with van der Waals surface area (Å²) in [5.41, 5.74) is 3.28. The Hall–Kier alpha value is -4.60. The minimum Gasteiger partial charge on any atom is -0.487 e. The van der Waals surface area contributed by atoms with Crippen molar-refractivity contribution in [1.29, 1.82) is 0 Å². The Morgan fingerprint density at radius 1 is 0.946 bits per heavy atom. The van der Waals surface area contributed by atoms with Gasteiger partial charge in [0, 0.05) is 6.08 Å². The maximum Gasteiger partial charge on any atom is 0.416 e. The van der Waals surface area contributed by atoms with Gasteiger partial charge in [0.05, 0.1) is 23.8 Å². The summed E-state index contributed by atoms with van der Waals surface area (Å²) in [6.45, 7) is 0.212. The molecule has 1 N–H and O–H groups in total. The van der Waals surface area contributed by atoms with Gasteiger partial charge in [-0.1, -0.05) is 24.3 Å². The van der Waals surface area contributed by atoms with Gasteiger partial charge in [0.1, 0.15) is 30.0 Å². The molecule has 0 saturated carbocycles. The zero-order chi connectivity index (χ0) is 25.7. The molecule has 7 nitrogen and oxygen atoms in total. The van der Waals surface area contributed by atoms with E-state index in [9.17, 15) is 13.2 Å². The summed E-state index contributed by atoms with van der Waals surface area (Å²) in [7, 11) is 0. The molecule has 0 fully saturated rings. The van der Waals surface area contributed by atoms with E-state index in [2.05, 4.69) is 19.9 Å². The molecule has 5 rings (SSSR count). The molecule has 0 radical (unpaired) electrons. The second-order valence-corrected chi connectivity index (χ2v) is 8.16. The molecule has 3 heterocycles. The monoisotopic (exact) mass is 506 g/mol. The van der Waals surface area contributed by atoms with E-state index in [4.69, 9.17) is 13.6 Å². The fourth-order valence-corrected chi connectivity index (χ4v) is 3.63. The lowest BCUT2D eigenvalue weighted by molar-refractivity contribution is -0.137. The van der Waals surface area contributed by atoms with Gasteiger partial charge >= 0.3 is 6.18 Å². The van der Waals surface area contributed by atoms with E-state index in [-0.39, 0.29) is 6.61 Å². The number of benzene rings is 2. The van der Waals surface area contributed by atoms with E-state index < -0.39 is 11.7 Å². The van der Waals surface area contributed by atoms with E-state index in [0.717, 1.165) is 35.5 Å². The number of rotatable bonds is 9. The van der Waals surface area contributed by atoms with Gasteiger partial charge in [-0.15, -0.1) is 0 Å². The van der Waals surface area contributed by atoms with E-state index >= 15 is 0 Å². The van der Waals surface area contributed by atoms with Crippen LogP contribution in [0.25, 0.3) is 23.6 Å². The number of halogens is 3. The summed E-state index contributed by atoms with van der Waals surface area (Å²) in [4.78, 5) is 15.7. The third kappa shape index (κ3) is 6.16. The van der Waals surface area contributed by atoms with Gasteiger partial charge in [-0.3, -0.25) is 0 Å². The first-order valence-electron chi connectivity index (χ1n) is 11.4. The molecule has 5 aromatic rings. The molecule has 2 aromatic carbocycles. The van der Waals surface area contributed by atoms with Gasteiger partial charge in [0.15, 0.2) is 12.2 Å². The third-order valence-electron chi connectivity index (χ3n) is 5.57. The molecule has 0 aliphatic heterocycles. The van der Waals surface area contributed by atoms with Crippen LogP contribution in [-0.4, -0.2) is 19.9 Å². The first-order valence-corrected chi connectivity index (χ1v) is 11.4. The number of aromatic nitrogens is 4. The Bertz CT molecular complexity index is 1450. The van der Waals surface area contributed by atoms with Gasteiger partial charge in [0.25, 0.3) is 0 Å².